The number of thiol groups is 1. The molecule has 2 aromatic heterocycles. The molecule has 3 rings (SSSR count). The Morgan fingerprint density at radius 2 is 1.83 bits per heavy atom. The summed E-state index contributed by atoms with van der Waals surface area (Å²) >= 11 is 4.28. The van der Waals surface area contributed by atoms with Crippen LogP contribution in [0.4, 0.5) is 5.82 Å². The molecule has 0 saturated carbocycles. The largest absolute Gasteiger partial charge is 0.383 e. The molecule has 0 amide bonds. The summed E-state index contributed by atoms with van der Waals surface area (Å²) < 4.78 is 1.60. The maximum Gasteiger partial charge on any atom is 0.159 e. The standard InChI is InChI=1S/C17H21N5S/c1-4-11-5-9(2)15(10(3)6-11)16-12(8-18)17(19)22-13(20-16)7-14(23)21-22/h5-7H,4,8,18-19H2,1-3H3,(H,21,23). The van der Waals surface area contributed by atoms with E-state index in [0.717, 1.165) is 23.2 Å². The van der Waals surface area contributed by atoms with E-state index in [1.807, 2.05) is 0 Å². The van der Waals surface area contributed by atoms with Crippen LogP contribution in [0.5, 0.6) is 0 Å². The first kappa shape index (κ1) is 15.8. The molecule has 3 aromatic rings. The number of aromatic nitrogens is 3. The van der Waals surface area contributed by atoms with Crippen LogP contribution in [0.3, 0.4) is 0 Å². The van der Waals surface area contributed by atoms with Crippen molar-refractivity contribution < 1.29 is 0 Å². The van der Waals surface area contributed by atoms with Gasteiger partial charge in [0.05, 0.1) is 5.69 Å². The zero-order valence-electron chi connectivity index (χ0n) is 13.6. The molecule has 0 aliphatic carbocycles. The first-order valence-electron chi connectivity index (χ1n) is 7.63. The van der Waals surface area contributed by atoms with Crippen LogP contribution < -0.4 is 11.5 Å². The van der Waals surface area contributed by atoms with Crippen molar-refractivity contribution in [2.45, 2.75) is 38.8 Å². The third-order valence-electron chi connectivity index (χ3n) is 4.17. The first-order chi connectivity index (χ1) is 11.0. The number of nitrogens with two attached hydrogens (primary N) is 2. The van der Waals surface area contributed by atoms with E-state index in [9.17, 15) is 0 Å². The summed E-state index contributed by atoms with van der Waals surface area (Å²) in [5.74, 6) is 0.520. The van der Waals surface area contributed by atoms with Crippen LogP contribution in [0.25, 0.3) is 16.9 Å². The van der Waals surface area contributed by atoms with Crippen LogP contribution in [0.15, 0.2) is 23.2 Å². The predicted molar refractivity (Wildman–Crippen MR) is 96.8 cm³/mol. The minimum Gasteiger partial charge on any atom is -0.383 e. The molecule has 2 heterocycles. The maximum atomic E-state index is 6.28. The Labute approximate surface area is 141 Å². The van der Waals surface area contributed by atoms with Crippen molar-refractivity contribution in [3.05, 3.63) is 40.5 Å². The second kappa shape index (κ2) is 5.86. The molecule has 0 saturated heterocycles. The highest BCUT2D eigenvalue weighted by Crippen LogP contribution is 2.33. The molecule has 6 heteroatoms. The smallest absolute Gasteiger partial charge is 0.159 e. The SMILES string of the molecule is CCc1cc(C)c(-c2nc3cc(S)nn3c(N)c2CN)c(C)c1. The van der Waals surface area contributed by atoms with Crippen molar-refractivity contribution in [2.24, 2.45) is 5.73 Å². The fraction of sp³-hybridized carbons (Fsp3) is 0.294. The lowest BCUT2D eigenvalue weighted by Gasteiger charge is -2.16. The first-order valence-corrected chi connectivity index (χ1v) is 8.08. The summed E-state index contributed by atoms with van der Waals surface area (Å²) in [6.07, 6.45) is 1.01. The lowest BCUT2D eigenvalue weighted by atomic mass is 9.93. The van der Waals surface area contributed by atoms with E-state index < -0.39 is 0 Å². The number of anilines is 1. The van der Waals surface area contributed by atoms with Gasteiger partial charge in [0.1, 0.15) is 10.8 Å². The van der Waals surface area contributed by atoms with Gasteiger partial charge in [0.2, 0.25) is 0 Å². The molecule has 4 N–H and O–H groups in total. The highest BCUT2D eigenvalue weighted by Gasteiger charge is 2.18. The van der Waals surface area contributed by atoms with Crippen molar-refractivity contribution in [1.82, 2.24) is 14.6 Å². The van der Waals surface area contributed by atoms with E-state index in [2.05, 4.69) is 50.6 Å². The number of nitrogens with zero attached hydrogens (tertiary/aromatic N) is 3. The van der Waals surface area contributed by atoms with Gasteiger partial charge in [0.25, 0.3) is 0 Å². The van der Waals surface area contributed by atoms with Gasteiger partial charge in [-0.1, -0.05) is 19.1 Å². The van der Waals surface area contributed by atoms with Crippen molar-refractivity contribution in [1.29, 1.82) is 0 Å². The lowest BCUT2D eigenvalue weighted by molar-refractivity contribution is 0.881. The van der Waals surface area contributed by atoms with Gasteiger partial charge in [0, 0.05) is 23.7 Å². The number of aryl methyl sites for hydroxylation is 3. The summed E-state index contributed by atoms with van der Waals surface area (Å²) in [7, 11) is 0. The van der Waals surface area contributed by atoms with Crippen LogP contribution in [-0.4, -0.2) is 14.6 Å². The Morgan fingerprint density at radius 3 is 2.39 bits per heavy atom. The second-order valence-corrected chi connectivity index (χ2v) is 6.22. The molecular formula is C17H21N5S. The summed E-state index contributed by atoms with van der Waals surface area (Å²) in [5.41, 5.74) is 19.3. The third-order valence-corrected chi connectivity index (χ3v) is 4.39. The van der Waals surface area contributed by atoms with Crippen LogP contribution in [0.2, 0.25) is 0 Å². The molecule has 1 aromatic carbocycles. The Bertz CT molecular complexity index is 875. The van der Waals surface area contributed by atoms with Crippen LogP contribution in [0, 0.1) is 13.8 Å². The highest BCUT2D eigenvalue weighted by atomic mass is 32.1. The number of hydrogen-bond acceptors (Lipinski definition) is 5. The zero-order chi connectivity index (χ0) is 16.7. The van der Waals surface area contributed by atoms with Crippen molar-refractivity contribution in [3.8, 4) is 11.3 Å². The molecular weight excluding hydrogens is 306 g/mol. The monoisotopic (exact) mass is 327 g/mol. The molecule has 0 fully saturated rings. The fourth-order valence-electron chi connectivity index (χ4n) is 3.09. The van der Waals surface area contributed by atoms with Gasteiger partial charge in [-0.3, -0.25) is 0 Å². The summed E-state index contributed by atoms with van der Waals surface area (Å²) in [4.78, 5) is 4.77. The van der Waals surface area contributed by atoms with E-state index >= 15 is 0 Å². The minimum atomic E-state index is 0.306. The van der Waals surface area contributed by atoms with Crippen LogP contribution in [0.1, 0.15) is 29.2 Å². The molecule has 0 aliphatic heterocycles. The van der Waals surface area contributed by atoms with E-state index in [-0.39, 0.29) is 0 Å². The summed E-state index contributed by atoms with van der Waals surface area (Å²) in [6.45, 7) is 6.66. The second-order valence-electron chi connectivity index (χ2n) is 5.76. The Kier molecular flexibility index (Phi) is 4.04. The number of fused-ring (bicyclic) bond motifs is 1. The molecule has 5 nitrogen and oxygen atoms in total. The molecule has 0 unspecified atom stereocenters. The quantitative estimate of drug-likeness (QED) is 0.646. The van der Waals surface area contributed by atoms with E-state index in [1.54, 1.807) is 10.6 Å². The van der Waals surface area contributed by atoms with Crippen molar-refractivity contribution >= 4 is 24.1 Å². The molecule has 0 spiro atoms. The van der Waals surface area contributed by atoms with Gasteiger partial charge in [-0.25, -0.2) is 4.98 Å². The average Bonchev–Trinajstić information content (AvgIpc) is 2.87. The summed E-state index contributed by atoms with van der Waals surface area (Å²) in [6, 6.07) is 6.20. The normalized spacial score (nSPS) is 11.3. The molecule has 0 aliphatic rings. The zero-order valence-corrected chi connectivity index (χ0v) is 14.5. The molecule has 23 heavy (non-hydrogen) atoms. The average molecular weight is 327 g/mol. The molecule has 0 radical (unpaired) electrons. The van der Waals surface area contributed by atoms with Crippen molar-refractivity contribution in [3.63, 3.8) is 0 Å². The Morgan fingerprint density at radius 1 is 1.17 bits per heavy atom. The number of nitrogen functional groups attached to an aromatic ring is 1. The van der Waals surface area contributed by atoms with E-state index in [4.69, 9.17) is 16.5 Å². The van der Waals surface area contributed by atoms with Gasteiger partial charge in [0.15, 0.2) is 5.65 Å². The minimum absolute atomic E-state index is 0.306. The van der Waals surface area contributed by atoms with Gasteiger partial charge in [-0.15, -0.1) is 12.6 Å². The van der Waals surface area contributed by atoms with Crippen LogP contribution in [-0.2, 0) is 13.0 Å². The predicted octanol–water partition coefficient (Wildman–Crippen LogP) is 2.91. The molecule has 120 valence electrons. The maximum absolute atomic E-state index is 6.28. The fourth-order valence-corrected chi connectivity index (χ4v) is 3.29. The van der Waals surface area contributed by atoms with E-state index in [1.165, 1.54) is 16.7 Å². The van der Waals surface area contributed by atoms with Gasteiger partial charge in [-0.2, -0.15) is 9.61 Å². The van der Waals surface area contributed by atoms with Crippen molar-refractivity contribution in [2.75, 3.05) is 5.73 Å². The number of rotatable bonds is 3. The molecule has 0 bridgehead atoms. The highest BCUT2D eigenvalue weighted by molar-refractivity contribution is 7.80. The Balaban J connectivity index is 2.36. The summed E-state index contributed by atoms with van der Waals surface area (Å²) in [5, 5.41) is 4.85. The van der Waals surface area contributed by atoms with Gasteiger partial charge in [-0.05, 0) is 37.0 Å². The van der Waals surface area contributed by atoms with Crippen LogP contribution >= 0.6 is 12.6 Å². The van der Waals surface area contributed by atoms with E-state index in [0.29, 0.717) is 23.0 Å². The lowest BCUT2D eigenvalue weighted by Crippen LogP contribution is -2.12. The Hall–Kier alpha value is -2.05. The van der Waals surface area contributed by atoms with Gasteiger partial charge >= 0.3 is 0 Å². The number of hydrogen-bond donors (Lipinski definition) is 3. The topological polar surface area (TPSA) is 82.2 Å². The molecule has 0 atom stereocenters. The van der Waals surface area contributed by atoms with Gasteiger partial charge < -0.3 is 11.5 Å². The third kappa shape index (κ3) is 2.58. The number of benzene rings is 1.